The zero-order valence-corrected chi connectivity index (χ0v) is 7.62. The van der Waals surface area contributed by atoms with Crippen molar-refractivity contribution in [2.24, 2.45) is 23.3 Å². The molecule has 0 aromatic rings. The Morgan fingerprint density at radius 2 is 2.00 bits per heavy atom. The summed E-state index contributed by atoms with van der Waals surface area (Å²) in [7, 11) is 0. The Balaban J connectivity index is 2.53. The van der Waals surface area contributed by atoms with Crippen molar-refractivity contribution in [2.45, 2.75) is 38.6 Å². The first kappa shape index (κ1) is 9.52. The van der Waals surface area contributed by atoms with Crippen LogP contribution in [0.1, 0.15) is 32.6 Å². The first-order valence-corrected chi connectivity index (χ1v) is 4.68. The highest BCUT2D eigenvalue weighted by molar-refractivity contribution is 5.79. The SMILES string of the molecule is CC1CCCCC1C(N)C(N)=O. The number of carbonyl (C=O) groups excluding carboxylic acids is 1. The van der Waals surface area contributed by atoms with Crippen LogP contribution in [0.25, 0.3) is 0 Å². The van der Waals surface area contributed by atoms with Crippen LogP contribution in [-0.2, 0) is 4.79 Å². The lowest BCUT2D eigenvalue weighted by molar-refractivity contribution is -0.121. The van der Waals surface area contributed by atoms with Gasteiger partial charge in [0.05, 0.1) is 6.04 Å². The fourth-order valence-electron chi connectivity index (χ4n) is 2.09. The molecule has 1 amide bonds. The molecule has 3 nitrogen and oxygen atoms in total. The van der Waals surface area contributed by atoms with Crippen molar-refractivity contribution in [3.63, 3.8) is 0 Å². The van der Waals surface area contributed by atoms with Gasteiger partial charge in [0, 0.05) is 0 Å². The second-order valence-corrected chi connectivity index (χ2v) is 3.85. The topological polar surface area (TPSA) is 69.1 Å². The number of primary amides is 1. The van der Waals surface area contributed by atoms with Crippen LogP contribution < -0.4 is 11.5 Å². The summed E-state index contributed by atoms with van der Waals surface area (Å²) in [6, 6.07) is -0.430. The molecule has 12 heavy (non-hydrogen) atoms. The monoisotopic (exact) mass is 170 g/mol. The van der Waals surface area contributed by atoms with E-state index in [9.17, 15) is 4.79 Å². The van der Waals surface area contributed by atoms with Crippen molar-refractivity contribution in [1.29, 1.82) is 0 Å². The molecule has 0 bridgehead atoms. The summed E-state index contributed by atoms with van der Waals surface area (Å²) in [6.07, 6.45) is 4.70. The van der Waals surface area contributed by atoms with Gasteiger partial charge in [-0.25, -0.2) is 0 Å². The highest BCUT2D eigenvalue weighted by Crippen LogP contribution is 2.31. The van der Waals surface area contributed by atoms with E-state index in [2.05, 4.69) is 6.92 Å². The predicted molar refractivity (Wildman–Crippen MR) is 48.3 cm³/mol. The fourth-order valence-corrected chi connectivity index (χ4v) is 2.09. The maximum Gasteiger partial charge on any atom is 0.234 e. The molecule has 0 spiro atoms. The number of rotatable bonds is 2. The highest BCUT2D eigenvalue weighted by Gasteiger charge is 2.29. The molecular formula is C9H18N2O. The largest absolute Gasteiger partial charge is 0.368 e. The molecule has 70 valence electrons. The molecule has 1 fully saturated rings. The Bertz CT molecular complexity index is 170. The molecular weight excluding hydrogens is 152 g/mol. The maximum absolute atomic E-state index is 10.8. The molecule has 0 saturated heterocycles. The zero-order chi connectivity index (χ0) is 9.14. The zero-order valence-electron chi connectivity index (χ0n) is 7.62. The van der Waals surface area contributed by atoms with Gasteiger partial charge in [0.2, 0.25) is 5.91 Å². The van der Waals surface area contributed by atoms with Crippen molar-refractivity contribution in [2.75, 3.05) is 0 Å². The number of amides is 1. The molecule has 0 aliphatic heterocycles. The quantitative estimate of drug-likeness (QED) is 0.638. The Kier molecular flexibility index (Phi) is 3.09. The van der Waals surface area contributed by atoms with Gasteiger partial charge < -0.3 is 11.5 Å². The van der Waals surface area contributed by atoms with Crippen molar-refractivity contribution in [1.82, 2.24) is 0 Å². The molecule has 0 aromatic carbocycles. The van der Waals surface area contributed by atoms with E-state index >= 15 is 0 Å². The fraction of sp³-hybridized carbons (Fsp3) is 0.889. The van der Waals surface area contributed by atoms with E-state index in [1.54, 1.807) is 0 Å². The number of hydrogen-bond acceptors (Lipinski definition) is 2. The van der Waals surface area contributed by atoms with Crippen LogP contribution in [0, 0.1) is 11.8 Å². The molecule has 0 heterocycles. The average molecular weight is 170 g/mol. The molecule has 3 heteroatoms. The lowest BCUT2D eigenvalue weighted by Gasteiger charge is -2.31. The minimum absolute atomic E-state index is 0.316. The lowest BCUT2D eigenvalue weighted by Crippen LogP contribution is -2.45. The lowest BCUT2D eigenvalue weighted by atomic mass is 9.76. The van der Waals surface area contributed by atoms with Crippen LogP contribution in [0.15, 0.2) is 0 Å². The smallest absolute Gasteiger partial charge is 0.234 e. The highest BCUT2D eigenvalue weighted by atomic mass is 16.1. The summed E-state index contributed by atoms with van der Waals surface area (Å²) >= 11 is 0. The maximum atomic E-state index is 10.8. The van der Waals surface area contributed by atoms with Crippen LogP contribution in [0.3, 0.4) is 0 Å². The van der Waals surface area contributed by atoms with Gasteiger partial charge in [0.1, 0.15) is 0 Å². The summed E-state index contributed by atoms with van der Waals surface area (Å²) < 4.78 is 0. The van der Waals surface area contributed by atoms with Crippen molar-refractivity contribution >= 4 is 5.91 Å². The molecule has 0 aromatic heterocycles. The van der Waals surface area contributed by atoms with E-state index in [1.807, 2.05) is 0 Å². The standard InChI is InChI=1S/C9H18N2O/c1-6-4-2-3-5-7(6)8(10)9(11)12/h6-8H,2-5,10H2,1H3,(H2,11,12). The molecule has 1 aliphatic carbocycles. The second-order valence-electron chi connectivity index (χ2n) is 3.85. The normalized spacial score (nSPS) is 32.8. The van der Waals surface area contributed by atoms with Gasteiger partial charge in [-0.15, -0.1) is 0 Å². The Hall–Kier alpha value is -0.570. The molecule has 1 saturated carbocycles. The number of hydrogen-bond donors (Lipinski definition) is 2. The van der Waals surface area contributed by atoms with Gasteiger partial charge in [-0.3, -0.25) is 4.79 Å². The van der Waals surface area contributed by atoms with Crippen molar-refractivity contribution < 1.29 is 4.79 Å². The van der Waals surface area contributed by atoms with Gasteiger partial charge in [-0.2, -0.15) is 0 Å². The van der Waals surface area contributed by atoms with E-state index in [0.29, 0.717) is 11.8 Å². The summed E-state index contributed by atoms with van der Waals surface area (Å²) in [6.45, 7) is 2.16. The predicted octanol–water partition coefficient (Wildman–Crippen LogP) is 0.625. The van der Waals surface area contributed by atoms with Gasteiger partial charge >= 0.3 is 0 Å². The van der Waals surface area contributed by atoms with E-state index < -0.39 is 6.04 Å². The summed E-state index contributed by atoms with van der Waals surface area (Å²) in [5, 5.41) is 0. The van der Waals surface area contributed by atoms with Crippen LogP contribution >= 0.6 is 0 Å². The summed E-state index contributed by atoms with van der Waals surface area (Å²) in [5.74, 6) is 0.520. The molecule has 3 unspecified atom stereocenters. The van der Waals surface area contributed by atoms with Gasteiger partial charge in [-0.05, 0) is 18.3 Å². The molecule has 0 radical (unpaired) electrons. The van der Waals surface area contributed by atoms with Crippen LogP contribution in [0.4, 0.5) is 0 Å². The van der Waals surface area contributed by atoms with Crippen molar-refractivity contribution in [3.8, 4) is 0 Å². The van der Waals surface area contributed by atoms with E-state index in [1.165, 1.54) is 19.3 Å². The Morgan fingerprint density at radius 3 is 2.50 bits per heavy atom. The first-order chi connectivity index (χ1) is 5.63. The van der Waals surface area contributed by atoms with E-state index in [0.717, 1.165) is 6.42 Å². The third-order valence-electron chi connectivity index (χ3n) is 2.97. The van der Waals surface area contributed by atoms with Crippen LogP contribution in [-0.4, -0.2) is 11.9 Å². The molecule has 4 N–H and O–H groups in total. The van der Waals surface area contributed by atoms with Gasteiger partial charge in [0.15, 0.2) is 0 Å². The summed E-state index contributed by atoms with van der Waals surface area (Å²) in [5.41, 5.74) is 10.9. The minimum atomic E-state index is -0.430. The van der Waals surface area contributed by atoms with Gasteiger partial charge in [-0.1, -0.05) is 26.2 Å². The minimum Gasteiger partial charge on any atom is -0.368 e. The third-order valence-corrected chi connectivity index (χ3v) is 2.97. The molecule has 3 atom stereocenters. The molecule has 1 aliphatic rings. The third kappa shape index (κ3) is 1.97. The van der Waals surface area contributed by atoms with Crippen LogP contribution in [0.2, 0.25) is 0 Å². The average Bonchev–Trinajstić information content (AvgIpc) is 2.04. The molecule has 1 rings (SSSR count). The van der Waals surface area contributed by atoms with Crippen LogP contribution in [0.5, 0.6) is 0 Å². The summed E-state index contributed by atoms with van der Waals surface area (Å²) in [4.78, 5) is 10.8. The number of carbonyl (C=O) groups is 1. The van der Waals surface area contributed by atoms with Gasteiger partial charge in [0.25, 0.3) is 0 Å². The Labute approximate surface area is 73.5 Å². The first-order valence-electron chi connectivity index (χ1n) is 4.68. The second kappa shape index (κ2) is 3.90. The van der Waals surface area contributed by atoms with E-state index in [4.69, 9.17) is 11.5 Å². The van der Waals surface area contributed by atoms with E-state index in [-0.39, 0.29) is 5.91 Å². The van der Waals surface area contributed by atoms with Crippen molar-refractivity contribution in [3.05, 3.63) is 0 Å². The number of nitrogens with two attached hydrogens (primary N) is 2. The Morgan fingerprint density at radius 1 is 1.42 bits per heavy atom.